The van der Waals surface area contributed by atoms with Crippen molar-refractivity contribution < 1.29 is 182 Å². The fraction of sp³-hybridized carbons (Fsp3) is 0. The molecule has 37 heteroatoms. The average molecular weight is 1340 g/mol. The third-order valence-electron chi connectivity index (χ3n) is 8.11. The predicted molar refractivity (Wildman–Crippen MR) is 279 cm³/mol. The van der Waals surface area contributed by atoms with Crippen molar-refractivity contribution >= 4 is 44.1 Å². The van der Waals surface area contributed by atoms with Gasteiger partial charge in [-0.05, 0) is 131 Å². The van der Waals surface area contributed by atoms with Gasteiger partial charge in [-0.1, -0.05) is 36.4 Å². The van der Waals surface area contributed by atoms with Crippen LogP contribution in [0.1, 0.15) is 41.4 Å². The first-order valence-corrected chi connectivity index (χ1v) is 21.7. The molecule has 6 aromatic heterocycles. The van der Waals surface area contributed by atoms with Gasteiger partial charge in [-0.3, -0.25) is 29.9 Å². The quantitative estimate of drug-likeness (QED) is 0.0735. The van der Waals surface area contributed by atoms with Gasteiger partial charge in [0.05, 0.1) is 67.8 Å². The van der Waals surface area contributed by atoms with Gasteiger partial charge in [0.25, 0.3) is 0 Å². The summed E-state index contributed by atoms with van der Waals surface area (Å²) in [6.45, 7) is 0. The molecule has 2 aromatic carbocycles. The zero-order chi connectivity index (χ0) is 49.7. The van der Waals surface area contributed by atoms with Crippen LogP contribution in [0.25, 0.3) is 34.2 Å². The zero-order valence-electron chi connectivity index (χ0n) is 42.1. The second-order valence-corrected chi connectivity index (χ2v) is 15.6. The van der Waals surface area contributed by atoms with Crippen molar-refractivity contribution in [3.63, 3.8) is 0 Å². The summed E-state index contributed by atoms with van der Waals surface area (Å²) in [6.07, 6.45) is 10.6. The summed E-state index contributed by atoms with van der Waals surface area (Å²) in [7, 11) is -9.89. The van der Waals surface area contributed by atoms with E-state index in [1.54, 1.807) is 37.2 Å². The Morgan fingerprint density at radius 3 is 0.530 bits per heavy atom. The number of aromatic carboxylic acids is 4. The van der Waals surface area contributed by atoms with Crippen molar-refractivity contribution in [1.29, 1.82) is 0 Å². The summed E-state index contributed by atoms with van der Waals surface area (Å²) < 4.78 is 63.6. The van der Waals surface area contributed by atoms with Crippen molar-refractivity contribution in [3.05, 3.63) is 205 Å². The molecule has 83 heavy (non-hydrogen) atoms. The smallest absolute Gasteiger partial charge is 0.744 e. The maximum Gasteiger partial charge on any atom is 2.00 e. The molecule has 0 fully saturated rings. The number of benzene rings is 2. The van der Waals surface area contributed by atoms with Crippen LogP contribution < -0.4 is 20.4 Å². The van der Waals surface area contributed by atoms with Crippen molar-refractivity contribution in [2.45, 2.75) is 9.79 Å². The number of hydrogen-bond donors (Lipinski definition) is 0. The molecule has 8 rings (SSSR count). The first-order valence-electron chi connectivity index (χ1n) is 18.9. The molecule has 6 heterocycles. The molecule has 32 nitrogen and oxygen atoms in total. The van der Waals surface area contributed by atoms with Gasteiger partial charge in [0.2, 0.25) is 0 Å². The molecular formula is C46H60Mn3N6O26S2+6. The third-order valence-corrected chi connectivity index (χ3v) is 9.74. The van der Waals surface area contributed by atoms with E-state index in [2.05, 4.69) is 29.9 Å². The molecule has 0 saturated heterocycles. The predicted octanol–water partition coefficient (Wildman–Crippen LogP) is -9.42. The Morgan fingerprint density at radius 1 is 0.289 bits per heavy atom. The number of carboxylic acid groups (broad SMARTS) is 4. The molecule has 0 aliphatic heterocycles. The van der Waals surface area contributed by atoms with E-state index in [1.807, 2.05) is 109 Å². The van der Waals surface area contributed by atoms with Crippen LogP contribution in [-0.2, 0) is 104 Å². The van der Waals surface area contributed by atoms with Gasteiger partial charge in [0, 0.05) is 37.2 Å². The number of carbonyl (C=O) groups is 4. The molecule has 3 radical (unpaired) electrons. The molecule has 0 bridgehead atoms. The van der Waals surface area contributed by atoms with E-state index in [9.17, 15) is 65.5 Å². The van der Waals surface area contributed by atoms with Crippen LogP contribution >= 0.6 is 0 Å². The number of nitrogens with zero attached hydrogens (tertiary/aromatic N) is 6. The molecule has 0 aliphatic carbocycles. The van der Waals surface area contributed by atoms with Crippen LogP contribution in [0.2, 0.25) is 0 Å². The Balaban J connectivity index is -0.0000000729. The second-order valence-electron chi connectivity index (χ2n) is 12.8. The minimum Gasteiger partial charge on any atom is -0.744 e. The second kappa shape index (κ2) is 51.0. The topological polar surface area (TPSA) is 739 Å². The van der Waals surface area contributed by atoms with Gasteiger partial charge >= 0.3 is 51.2 Å². The standard InChI is InChI=1S/3C10H8N2.2C8H6O7S.3Mn.12H2O/c3*1-3-7-11-9(5-1)10-6-2-4-8-12-10;2*9-7(10)4-1-5(8(11)12)3-6(2-4)16(13,14)15;;;;;;;;;;;;;;;/h3*1-8H;2*1-3H,(H,9,10)(H,11,12)(H,13,14,15);;;;12*1H2/q;;;;;3*+2;;;;;;;;;;;;. The van der Waals surface area contributed by atoms with Gasteiger partial charge in [0.15, 0.2) is 0 Å². The summed E-state index contributed by atoms with van der Waals surface area (Å²) in [6, 6.07) is 38.1. The first kappa shape index (κ1) is 104. The minimum absolute atomic E-state index is 0. The van der Waals surface area contributed by atoms with E-state index in [-0.39, 0.29) is 117 Å². The van der Waals surface area contributed by atoms with Gasteiger partial charge < -0.3 is 114 Å². The number of pyridine rings is 6. The van der Waals surface area contributed by atoms with Crippen LogP contribution in [0.5, 0.6) is 0 Å². The molecule has 0 spiro atoms. The maximum absolute atomic E-state index is 10.6. The number of rotatable bonds is 9. The minimum atomic E-state index is -4.95. The van der Waals surface area contributed by atoms with E-state index in [0.29, 0.717) is 36.4 Å². The third kappa shape index (κ3) is 35.6. The van der Waals surface area contributed by atoms with E-state index in [1.165, 1.54) is 0 Å². The number of hydrogen-bond acceptors (Lipinski definition) is 20. The van der Waals surface area contributed by atoms with Gasteiger partial charge in [-0.2, -0.15) is 0 Å². The summed E-state index contributed by atoms with van der Waals surface area (Å²) in [5.74, 6) is -7.19. The largest absolute Gasteiger partial charge is 2.00 e. The number of carbonyl (C=O) groups excluding carboxylic acids is 4. The Hall–Kier alpha value is -7.88. The Kier molecular flexibility index (Phi) is 63.7. The van der Waals surface area contributed by atoms with Crippen molar-refractivity contribution in [3.8, 4) is 34.2 Å². The summed E-state index contributed by atoms with van der Waals surface area (Å²) in [5, 5.41) is 41.7. The molecule has 0 aliphatic rings. The summed E-state index contributed by atoms with van der Waals surface area (Å²) in [4.78, 5) is 64.9. The van der Waals surface area contributed by atoms with Crippen molar-refractivity contribution in [2.75, 3.05) is 0 Å². The molecule has 457 valence electrons. The maximum atomic E-state index is 10.6. The van der Waals surface area contributed by atoms with E-state index in [4.69, 9.17) is 0 Å². The van der Waals surface area contributed by atoms with Crippen molar-refractivity contribution in [1.82, 2.24) is 29.9 Å². The molecule has 8 aromatic rings. The SMILES string of the molecule is O.O.O.O.O.O.O=C([O-])c1cc(C(=O)[O-])cc(S(=O)(=O)[O-])c1.O=C([O-])c1cc(C(=O)[O-])cc(S(=O)(=O)[O-])c1.[Mn+2].[Mn+2].[Mn+2].[OH3+].[OH3+].[OH3+].[OH3+].[OH3+].[OH3+].c1ccc(-c2ccccn2)nc1.c1ccc(-c2ccccn2)nc1.c1ccc(-c2ccccn2)nc1. The number of carboxylic acids is 4. The van der Waals surface area contributed by atoms with Gasteiger partial charge in [-0.25, -0.2) is 16.8 Å². The number of aromatic nitrogens is 6. The molecule has 0 amide bonds. The average Bonchev–Trinajstić information content (AvgIpc) is 3.35. The fourth-order valence-electron chi connectivity index (χ4n) is 5.04. The van der Waals surface area contributed by atoms with Crippen LogP contribution in [0.4, 0.5) is 0 Å². The van der Waals surface area contributed by atoms with E-state index >= 15 is 0 Å². The monoisotopic (exact) mass is 1340 g/mol. The van der Waals surface area contributed by atoms with Gasteiger partial charge in [0.1, 0.15) is 20.2 Å². The van der Waals surface area contributed by atoms with E-state index < -0.39 is 76.2 Å². The Labute approximate surface area is 502 Å². The summed E-state index contributed by atoms with van der Waals surface area (Å²) >= 11 is 0. The normalized spacial score (nSPS) is 8.46. The molecule has 0 atom stereocenters. The van der Waals surface area contributed by atoms with E-state index in [0.717, 1.165) is 34.2 Å². The van der Waals surface area contributed by atoms with Crippen molar-refractivity contribution in [2.24, 2.45) is 0 Å². The zero-order valence-corrected chi connectivity index (χ0v) is 47.3. The Bertz CT molecular complexity index is 2750. The fourth-order valence-corrected chi connectivity index (χ4v) is 6.13. The van der Waals surface area contributed by atoms with Crippen LogP contribution in [0.15, 0.2) is 193 Å². The van der Waals surface area contributed by atoms with Crippen LogP contribution in [-0.4, -0.2) is 113 Å². The van der Waals surface area contributed by atoms with Crippen LogP contribution in [0.3, 0.4) is 0 Å². The molecule has 30 N–H and O–H groups in total. The summed E-state index contributed by atoms with van der Waals surface area (Å²) in [5.41, 5.74) is 2.59. The molecule has 0 saturated carbocycles. The van der Waals surface area contributed by atoms with Gasteiger partial charge in [-0.15, -0.1) is 0 Å². The first-order chi connectivity index (χ1) is 32.3. The molecular weight excluding hydrogens is 1280 g/mol. The van der Waals surface area contributed by atoms with Crippen LogP contribution in [0, 0.1) is 0 Å². The molecule has 0 unspecified atom stereocenters. The Morgan fingerprint density at radius 2 is 0.434 bits per heavy atom.